The summed E-state index contributed by atoms with van der Waals surface area (Å²) in [6.45, 7) is 2.07. The van der Waals surface area contributed by atoms with E-state index in [1.165, 1.54) is 30.3 Å². The van der Waals surface area contributed by atoms with Crippen molar-refractivity contribution in [3.05, 3.63) is 83.4 Å². The second-order valence-corrected chi connectivity index (χ2v) is 11.3. The van der Waals surface area contributed by atoms with Crippen molar-refractivity contribution >= 4 is 41.3 Å². The number of nitriles is 1. The molecule has 0 bridgehead atoms. The summed E-state index contributed by atoms with van der Waals surface area (Å²) in [5, 5.41) is 11.7. The van der Waals surface area contributed by atoms with Crippen molar-refractivity contribution in [2.24, 2.45) is 4.99 Å². The third-order valence-corrected chi connectivity index (χ3v) is 7.41. The minimum atomic E-state index is -0.986. The molecule has 0 saturated heterocycles. The van der Waals surface area contributed by atoms with E-state index in [-0.39, 0.29) is 38.4 Å². The zero-order valence-electron chi connectivity index (χ0n) is 27.9. The fourth-order valence-corrected chi connectivity index (χ4v) is 4.70. The predicted molar refractivity (Wildman–Crippen MR) is 182 cm³/mol. The van der Waals surface area contributed by atoms with Crippen LogP contribution >= 0.6 is 0 Å². The van der Waals surface area contributed by atoms with Gasteiger partial charge in [0.2, 0.25) is 12.0 Å². The largest absolute Gasteiger partial charge is 0.464 e. The molecule has 1 amide bonds. The number of nitrogens with two attached hydrogens (primary N) is 1. The van der Waals surface area contributed by atoms with Crippen LogP contribution in [0.2, 0.25) is 0 Å². The molecule has 0 spiro atoms. The maximum absolute atomic E-state index is 13.1. The van der Waals surface area contributed by atoms with Gasteiger partial charge < -0.3 is 30.0 Å². The summed E-state index contributed by atoms with van der Waals surface area (Å²) in [6, 6.07) is 16.7. The minimum Gasteiger partial charge on any atom is -0.464 e. The van der Waals surface area contributed by atoms with E-state index in [1.807, 2.05) is 0 Å². The normalized spacial score (nSPS) is 10.9. The number of esters is 3. The molecule has 3 aromatic rings. The van der Waals surface area contributed by atoms with Crippen LogP contribution in [0, 0.1) is 18.4 Å². The van der Waals surface area contributed by atoms with Gasteiger partial charge in [0.15, 0.2) is 0 Å². The number of nitrogens with one attached hydrogen (secondary N) is 1. The Morgan fingerprint density at radius 1 is 0.860 bits per heavy atom. The van der Waals surface area contributed by atoms with Gasteiger partial charge in [0.1, 0.15) is 17.5 Å². The molecule has 50 heavy (non-hydrogen) atoms. The number of rotatable bonds is 20. The van der Waals surface area contributed by atoms with E-state index in [0.717, 1.165) is 5.56 Å². The molecule has 262 valence electrons. The smallest absolute Gasteiger partial charge is 0.338 e. The van der Waals surface area contributed by atoms with Crippen LogP contribution in [0.25, 0.3) is 0 Å². The Morgan fingerprint density at radius 3 is 2.22 bits per heavy atom. The van der Waals surface area contributed by atoms with E-state index in [2.05, 4.69) is 10.3 Å². The van der Waals surface area contributed by atoms with Crippen LogP contribution in [0.4, 0.5) is 11.4 Å². The highest BCUT2D eigenvalue weighted by Gasteiger charge is 2.23. The van der Waals surface area contributed by atoms with Crippen molar-refractivity contribution in [1.82, 2.24) is 5.32 Å². The molecule has 1 atom stereocenters. The Balaban J connectivity index is 1.43. The van der Waals surface area contributed by atoms with Gasteiger partial charge in [-0.05, 0) is 111 Å². The number of carbonyl (C=O) groups excluding carboxylic acids is 5. The maximum Gasteiger partial charge on any atom is 0.338 e. The van der Waals surface area contributed by atoms with Crippen molar-refractivity contribution in [2.75, 3.05) is 18.9 Å². The van der Waals surface area contributed by atoms with Gasteiger partial charge in [0, 0.05) is 24.9 Å². The van der Waals surface area contributed by atoms with Gasteiger partial charge in [0.25, 0.3) is 6.26 Å². The van der Waals surface area contributed by atoms with Crippen molar-refractivity contribution in [2.45, 2.75) is 70.8 Å². The summed E-state index contributed by atoms with van der Waals surface area (Å²) in [4.78, 5) is 64.0. The average molecular weight is 685 g/mol. The van der Waals surface area contributed by atoms with Crippen LogP contribution in [0.1, 0.15) is 72.9 Å². The Hall–Kier alpha value is -5.99. The summed E-state index contributed by atoms with van der Waals surface area (Å²) in [5.41, 5.74) is 8.40. The van der Waals surface area contributed by atoms with Gasteiger partial charge in [-0.25, -0.2) is 14.4 Å². The number of hydrogen-bond donors (Lipinski definition) is 2. The number of nitrogen functional groups attached to an aromatic ring is 1. The second-order valence-electron chi connectivity index (χ2n) is 11.3. The second kappa shape index (κ2) is 21.1. The fraction of sp³-hybridized carbons (Fsp3) is 0.351. The van der Waals surface area contributed by atoms with Crippen LogP contribution in [-0.4, -0.2) is 49.2 Å². The topological polar surface area (TPSA) is 196 Å². The maximum atomic E-state index is 13.1. The first-order valence-electron chi connectivity index (χ1n) is 16.2. The molecular formula is C37H40N4O9. The first kappa shape index (κ1) is 38.5. The number of nitrogens with zero attached hydrogens (tertiary/aromatic N) is 2. The Bertz CT molecular complexity index is 1680. The van der Waals surface area contributed by atoms with E-state index in [9.17, 15) is 24.0 Å². The SMILES string of the molecule is Cc1ccc(CC(NC(=O)CCCCCOC(=O)c2ccc(N)cc2)C(=O)OCCCCCC(=O)Oc2ccc(N=C=O)cc2)cc1OC#N. The third kappa shape index (κ3) is 14.0. The van der Waals surface area contributed by atoms with E-state index in [1.54, 1.807) is 55.6 Å². The summed E-state index contributed by atoms with van der Waals surface area (Å²) in [5.74, 6) is -1.14. The molecule has 0 aromatic heterocycles. The number of ether oxygens (including phenoxy) is 4. The highest BCUT2D eigenvalue weighted by Crippen LogP contribution is 2.21. The molecule has 0 saturated carbocycles. The molecule has 0 fully saturated rings. The standard InChI is InChI=1S/C37H40N4O9/c1-26-10-11-27(23-33(26)49-24-38)22-32(41-34(43)8-4-2-6-20-47-36(45)28-12-14-29(39)15-13-28)37(46)48-21-7-3-5-9-35(44)50-31-18-16-30(17-19-31)40-25-42/h10-19,23,32H,2-9,20-22,39H2,1H3,(H,41,43). The van der Waals surface area contributed by atoms with Crippen LogP contribution < -0.4 is 20.5 Å². The number of hydrogen-bond acceptors (Lipinski definition) is 12. The molecule has 3 aromatic carbocycles. The first-order valence-corrected chi connectivity index (χ1v) is 16.2. The molecule has 3 N–H and O–H groups in total. The highest BCUT2D eigenvalue weighted by molar-refractivity contribution is 5.89. The van der Waals surface area contributed by atoms with Crippen LogP contribution in [0.3, 0.4) is 0 Å². The number of anilines is 1. The Labute approximate surface area is 290 Å². The van der Waals surface area contributed by atoms with E-state index < -0.39 is 23.9 Å². The lowest BCUT2D eigenvalue weighted by Crippen LogP contribution is -2.43. The quantitative estimate of drug-likeness (QED) is 0.0288. The number of benzene rings is 3. The molecule has 13 heteroatoms. The molecule has 0 aliphatic carbocycles. The number of carbonyl (C=O) groups is 4. The minimum absolute atomic E-state index is 0.0880. The van der Waals surface area contributed by atoms with Gasteiger partial charge in [-0.3, -0.25) is 9.59 Å². The van der Waals surface area contributed by atoms with Gasteiger partial charge in [-0.2, -0.15) is 4.99 Å². The van der Waals surface area contributed by atoms with Crippen molar-refractivity contribution in [3.63, 3.8) is 0 Å². The van der Waals surface area contributed by atoms with Gasteiger partial charge in [0.05, 0.1) is 24.5 Å². The molecule has 0 aliphatic heterocycles. The molecule has 0 radical (unpaired) electrons. The van der Waals surface area contributed by atoms with Crippen LogP contribution in [0.5, 0.6) is 11.5 Å². The monoisotopic (exact) mass is 684 g/mol. The molecule has 0 heterocycles. The summed E-state index contributed by atoms with van der Waals surface area (Å²) >= 11 is 0. The van der Waals surface area contributed by atoms with Crippen molar-refractivity contribution < 1.29 is 42.9 Å². The molecular weight excluding hydrogens is 644 g/mol. The summed E-state index contributed by atoms with van der Waals surface area (Å²) < 4.78 is 21.0. The van der Waals surface area contributed by atoms with Crippen molar-refractivity contribution in [3.8, 4) is 17.8 Å². The predicted octanol–water partition coefficient (Wildman–Crippen LogP) is 5.56. The molecule has 3 rings (SSSR count). The zero-order chi connectivity index (χ0) is 36.1. The summed E-state index contributed by atoms with van der Waals surface area (Å²) in [6.07, 6.45) is 6.80. The van der Waals surface area contributed by atoms with Crippen LogP contribution in [0.15, 0.2) is 71.7 Å². The van der Waals surface area contributed by atoms with E-state index in [4.69, 9.17) is 29.9 Å². The Kier molecular flexibility index (Phi) is 16.2. The van der Waals surface area contributed by atoms with Gasteiger partial charge in [-0.1, -0.05) is 12.1 Å². The van der Waals surface area contributed by atoms with Crippen LogP contribution in [-0.2, 0) is 35.1 Å². The highest BCUT2D eigenvalue weighted by atomic mass is 16.5. The van der Waals surface area contributed by atoms with Gasteiger partial charge >= 0.3 is 17.9 Å². The fourth-order valence-electron chi connectivity index (χ4n) is 4.70. The zero-order valence-corrected chi connectivity index (χ0v) is 27.9. The number of aryl methyl sites for hydroxylation is 1. The van der Waals surface area contributed by atoms with E-state index >= 15 is 0 Å². The lowest BCUT2D eigenvalue weighted by Gasteiger charge is -2.18. The first-order chi connectivity index (χ1) is 24.2. The summed E-state index contributed by atoms with van der Waals surface area (Å²) in [7, 11) is 0. The number of unbranched alkanes of at least 4 members (excludes halogenated alkanes) is 4. The van der Waals surface area contributed by atoms with E-state index in [0.29, 0.717) is 72.5 Å². The number of isocyanates is 1. The third-order valence-electron chi connectivity index (χ3n) is 7.41. The lowest BCUT2D eigenvalue weighted by atomic mass is 10.0. The number of amides is 1. The average Bonchev–Trinajstić information content (AvgIpc) is 3.10. The molecule has 0 aliphatic rings. The van der Waals surface area contributed by atoms with Gasteiger partial charge in [-0.15, -0.1) is 5.26 Å². The molecule has 1 unspecified atom stereocenters. The van der Waals surface area contributed by atoms with Crippen molar-refractivity contribution in [1.29, 1.82) is 5.26 Å². The molecule has 13 nitrogen and oxygen atoms in total. The number of aliphatic imine (C=N–C) groups is 1. The Morgan fingerprint density at radius 2 is 1.54 bits per heavy atom. The lowest BCUT2D eigenvalue weighted by molar-refractivity contribution is -0.148.